The maximum Gasteiger partial charge on any atom is 0.338 e. The Labute approximate surface area is 122 Å². The van der Waals surface area contributed by atoms with Crippen LogP contribution in [0.5, 0.6) is 0 Å². The first kappa shape index (κ1) is 16.7. The Kier molecular flexibility index (Phi) is 7.97. The van der Waals surface area contributed by atoms with Gasteiger partial charge in [0.05, 0.1) is 12.2 Å². The first-order valence-electron chi connectivity index (χ1n) is 7.41. The molecule has 0 aromatic heterocycles. The van der Waals surface area contributed by atoms with Gasteiger partial charge in [-0.05, 0) is 31.4 Å². The molecular weight excluding hydrogens is 252 g/mol. The summed E-state index contributed by atoms with van der Waals surface area (Å²) in [5, 5.41) is 0. The van der Waals surface area contributed by atoms with Gasteiger partial charge in [0, 0.05) is 6.61 Å². The van der Waals surface area contributed by atoms with Crippen molar-refractivity contribution in [1.82, 2.24) is 0 Å². The van der Waals surface area contributed by atoms with Gasteiger partial charge in [-0.3, -0.25) is 0 Å². The molecule has 0 radical (unpaired) electrons. The molecule has 0 atom stereocenters. The molecule has 0 spiro atoms. The van der Waals surface area contributed by atoms with E-state index >= 15 is 0 Å². The van der Waals surface area contributed by atoms with E-state index in [0.29, 0.717) is 18.8 Å². The maximum atomic E-state index is 11.7. The van der Waals surface area contributed by atoms with Crippen LogP contribution in [-0.2, 0) is 9.47 Å². The quantitative estimate of drug-likeness (QED) is 0.506. The minimum absolute atomic E-state index is 0.280. The Morgan fingerprint density at radius 1 is 1.15 bits per heavy atom. The molecule has 0 N–H and O–H groups in total. The van der Waals surface area contributed by atoms with Crippen LogP contribution in [0.15, 0.2) is 24.3 Å². The molecule has 0 bridgehead atoms. The second kappa shape index (κ2) is 9.54. The molecular formula is C17H26O3. The second-order valence-electron chi connectivity index (χ2n) is 5.51. The lowest BCUT2D eigenvalue weighted by Gasteiger charge is -2.07. The van der Waals surface area contributed by atoms with Crippen molar-refractivity contribution in [1.29, 1.82) is 0 Å². The number of rotatable bonds is 9. The topological polar surface area (TPSA) is 35.5 Å². The van der Waals surface area contributed by atoms with Crippen molar-refractivity contribution >= 4 is 5.97 Å². The first-order valence-corrected chi connectivity index (χ1v) is 7.41. The van der Waals surface area contributed by atoms with Gasteiger partial charge in [-0.1, -0.05) is 44.4 Å². The summed E-state index contributed by atoms with van der Waals surface area (Å²) in [5.41, 5.74) is 1.66. The van der Waals surface area contributed by atoms with E-state index in [1.807, 2.05) is 25.1 Å². The van der Waals surface area contributed by atoms with Crippen LogP contribution in [0.4, 0.5) is 0 Å². The molecule has 1 aromatic carbocycles. The van der Waals surface area contributed by atoms with Crippen LogP contribution in [0, 0.1) is 12.8 Å². The summed E-state index contributed by atoms with van der Waals surface area (Å²) >= 11 is 0. The van der Waals surface area contributed by atoms with Crippen LogP contribution in [-0.4, -0.2) is 25.8 Å². The first-order chi connectivity index (χ1) is 9.59. The molecule has 0 unspecified atom stereocenters. The number of esters is 1. The molecule has 0 heterocycles. The third-order valence-corrected chi connectivity index (χ3v) is 3.03. The van der Waals surface area contributed by atoms with E-state index in [1.165, 1.54) is 12.8 Å². The zero-order valence-electron chi connectivity index (χ0n) is 12.9. The number of aryl methyl sites for hydroxylation is 1. The number of hydrogen-bond donors (Lipinski definition) is 0. The molecule has 0 saturated heterocycles. The monoisotopic (exact) mass is 278 g/mol. The van der Waals surface area contributed by atoms with Crippen LogP contribution in [0.2, 0.25) is 0 Å². The van der Waals surface area contributed by atoms with E-state index < -0.39 is 0 Å². The van der Waals surface area contributed by atoms with E-state index in [-0.39, 0.29) is 5.97 Å². The van der Waals surface area contributed by atoms with Gasteiger partial charge in [-0.25, -0.2) is 4.79 Å². The molecule has 1 rings (SSSR count). The Morgan fingerprint density at radius 3 is 2.65 bits per heavy atom. The van der Waals surface area contributed by atoms with E-state index in [2.05, 4.69) is 13.8 Å². The molecule has 1 aromatic rings. The fourth-order valence-corrected chi connectivity index (χ4v) is 1.91. The van der Waals surface area contributed by atoms with Gasteiger partial charge >= 0.3 is 5.97 Å². The molecule has 0 aliphatic rings. The Hall–Kier alpha value is -1.35. The zero-order chi connectivity index (χ0) is 14.8. The van der Waals surface area contributed by atoms with Gasteiger partial charge in [-0.2, -0.15) is 0 Å². The minimum Gasteiger partial charge on any atom is -0.460 e. The highest BCUT2D eigenvalue weighted by molar-refractivity contribution is 5.89. The smallest absolute Gasteiger partial charge is 0.338 e. The van der Waals surface area contributed by atoms with E-state index in [4.69, 9.17) is 9.47 Å². The molecule has 0 amide bonds. The van der Waals surface area contributed by atoms with Crippen molar-refractivity contribution in [3.8, 4) is 0 Å². The highest BCUT2D eigenvalue weighted by Crippen LogP contribution is 2.07. The van der Waals surface area contributed by atoms with Gasteiger partial charge in [0.25, 0.3) is 0 Å². The Balaban J connectivity index is 2.05. The van der Waals surface area contributed by atoms with Crippen molar-refractivity contribution in [2.75, 3.05) is 19.8 Å². The molecule has 3 heteroatoms. The normalized spacial score (nSPS) is 10.8. The lowest BCUT2D eigenvalue weighted by atomic mass is 10.1. The fraction of sp³-hybridized carbons (Fsp3) is 0.588. The van der Waals surface area contributed by atoms with Crippen molar-refractivity contribution in [3.05, 3.63) is 35.4 Å². The highest BCUT2D eigenvalue weighted by atomic mass is 16.6. The molecule has 0 saturated carbocycles. The number of unbranched alkanes of at least 4 members (excludes halogenated alkanes) is 1. The maximum absolute atomic E-state index is 11.7. The van der Waals surface area contributed by atoms with Crippen molar-refractivity contribution < 1.29 is 14.3 Å². The molecule has 0 fully saturated rings. The fourth-order valence-electron chi connectivity index (χ4n) is 1.91. The predicted octanol–water partition coefficient (Wildman–Crippen LogP) is 3.99. The highest BCUT2D eigenvalue weighted by Gasteiger charge is 2.06. The Bertz CT molecular complexity index is 399. The summed E-state index contributed by atoms with van der Waals surface area (Å²) in [6, 6.07) is 7.41. The van der Waals surface area contributed by atoms with Crippen molar-refractivity contribution in [2.24, 2.45) is 5.92 Å². The van der Waals surface area contributed by atoms with Gasteiger partial charge in [0.15, 0.2) is 0 Å². The van der Waals surface area contributed by atoms with Gasteiger partial charge < -0.3 is 9.47 Å². The van der Waals surface area contributed by atoms with Gasteiger partial charge in [0.1, 0.15) is 6.61 Å². The number of carbonyl (C=O) groups is 1. The van der Waals surface area contributed by atoms with Crippen LogP contribution >= 0.6 is 0 Å². The number of benzene rings is 1. The Morgan fingerprint density at radius 2 is 1.95 bits per heavy atom. The van der Waals surface area contributed by atoms with Crippen LogP contribution in [0.25, 0.3) is 0 Å². The summed E-state index contributed by atoms with van der Waals surface area (Å²) in [6.45, 7) is 7.94. The van der Waals surface area contributed by atoms with Crippen LogP contribution < -0.4 is 0 Å². The largest absolute Gasteiger partial charge is 0.460 e. The SMILES string of the molecule is Cc1cccc(C(=O)OCCOCCCCC(C)C)c1. The average Bonchev–Trinajstić information content (AvgIpc) is 2.41. The second-order valence-corrected chi connectivity index (χ2v) is 5.51. The summed E-state index contributed by atoms with van der Waals surface area (Å²) in [4.78, 5) is 11.7. The summed E-state index contributed by atoms with van der Waals surface area (Å²) in [5.74, 6) is 0.474. The zero-order valence-corrected chi connectivity index (χ0v) is 12.9. The third kappa shape index (κ3) is 7.29. The number of hydrogen-bond acceptors (Lipinski definition) is 3. The molecule has 112 valence electrons. The molecule has 0 aliphatic carbocycles. The summed E-state index contributed by atoms with van der Waals surface area (Å²) in [6.07, 6.45) is 3.51. The number of carbonyl (C=O) groups excluding carboxylic acids is 1. The van der Waals surface area contributed by atoms with E-state index in [9.17, 15) is 4.79 Å². The van der Waals surface area contributed by atoms with Crippen LogP contribution in [0.3, 0.4) is 0 Å². The predicted molar refractivity (Wildman–Crippen MR) is 81.0 cm³/mol. The standard InChI is InChI=1S/C17H26O3/c1-14(2)7-4-5-10-19-11-12-20-17(18)16-9-6-8-15(3)13-16/h6,8-9,13-14H,4-5,7,10-12H2,1-3H3. The number of ether oxygens (including phenoxy) is 2. The van der Waals surface area contributed by atoms with Crippen LogP contribution in [0.1, 0.15) is 49.0 Å². The lowest BCUT2D eigenvalue weighted by Crippen LogP contribution is -2.11. The van der Waals surface area contributed by atoms with Crippen molar-refractivity contribution in [2.45, 2.75) is 40.0 Å². The van der Waals surface area contributed by atoms with Crippen molar-refractivity contribution in [3.63, 3.8) is 0 Å². The lowest BCUT2D eigenvalue weighted by molar-refractivity contribution is 0.0311. The summed E-state index contributed by atoms with van der Waals surface area (Å²) < 4.78 is 10.6. The van der Waals surface area contributed by atoms with Gasteiger partial charge in [-0.15, -0.1) is 0 Å². The molecule has 0 aliphatic heterocycles. The van der Waals surface area contributed by atoms with E-state index in [0.717, 1.165) is 24.5 Å². The average molecular weight is 278 g/mol. The minimum atomic E-state index is -0.280. The van der Waals surface area contributed by atoms with Gasteiger partial charge in [0.2, 0.25) is 0 Å². The van der Waals surface area contributed by atoms with E-state index in [1.54, 1.807) is 6.07 Å². The summed E-state index contributed by atoms with van der Waals surface area (Å²) in [7, 11) is 0. The molecule has 3 nitrogen and oxygen atoms in total. The third-order valence-electron chi connectivity index (χ3n) is 3.03. The molecule has 20 heavy (non-hydrogen) atoms.